The van der Waals surface area contributed by atoms with E-state index in [0.717, 1.165) is 29.7 Å². The minimum absolute atomic E-state index is 0.121. The van der Waals surface area contributed by atoms with Crippen LogP contribution in [-0.4, -0.2) is 44.2 Å². The number of fused-ring (bicyclic) bond motifs is 1. The molecule has 2 aromatic carbocycles. The van der Waals surface area contributed by atoms with Crippen molar-refractivity contribution in [3.05, 3.63) is 52.5 Å². The lowest BCUT2D eigenvalue weighted by Crippen LogP contribution is -2.41. The predicted octanol–water partition coefficient (Wildman–Crippen LogP) is 5.31. The Bertz CT molecular complexity index is 950. The summed E-state index contributed by atoms with van der Waals surface area (Å²) in [4.78, 5) is 15.5. The number of nitrogens with one attached hydrogen (secondary N) is 1. The van der Waals surface area contributed by atoms with Gasteiger partial charge >= 0.3 is 0 Å². The van der Waals surface area contributed by atoms with E-state index in [1.165, 1.54) is 0 Å². The van der Waals surface area contributed by atoms with Crippen molar-refractivity contribution in [1.29, 1.82) is 0 Å². The summed E-state index contributed by atoms with van der Waals surface area (Å²) >= 11 is 6.50. The molecule has 0 fully saturated rings. The fourth-order valence-corrected chi connectivity index (χ4v) is 4.45. The minimum atomic E-state index is -0.121. The number of ether oxygens (including phenoxy) is 3. The molecule has 1 heterocycles. The van der Waals surface area contributed by atoms with Crippen LogP contribution in [0.15, 0.2) is 36.4 Å². The third-order valence-electron chi connectivity index (χ3n) is 5.87. The van der Waals surface area contributed by atoms with Crippen LogP contribution in [0.5, 0.6) is 17.2 Å². The van der Waals surface area contributed by atoms with Gasteiger partial charge in [-0.05, 0) is 36.1 Å². The summed E-state index contributed by atoms with van der Waals surface area (Å²) in [5, 5.41) is 3.98. The van der Waals surface area contributed by atoms with Gasteiger partial charge in [0.2, 0.25) is 5.91 Å². The smallest absolute Gasteiger partial charge is 0.227 e. The lowest BCUT2D eigenvalue weighted by atomic mass is 10.0. The third-order valence-corrected chi connectivity index (χ3v) is 6.15. The number of carbonyl (C=O) groups is 1. The van der Waals surface area contributed by atoms with Gasteiger partial charge in [-0.2, -0.15) is 0 Å². The first-order valence-electron chi connectivity index (χ1n) is 12.1. The van der Waals surface area contributed by atoms with E-state index in [9.17, 15) is 4.79 Å². The monoisotopic (exact) mass is 488 g/mol. The van der Waals surface area contributed by atoms with E-state index >= 15 is 0 Å². The number of para-hydroxylation sites is 1. The fraction of sp³-hybridized carbons (Fsp3) is 0.519. The van der Waals surface area contributed by atoms with Crippen molar-refractivity contribution in [3.63, 3.8) is 0 Å². The Morgan fingerprint density at radius 1 is 1.21 bits per heavy atom. The zero-order chi connectivity index (χ0) is 24.5. The zero-order valence-corrected chi connectivity index (χ0v) is 21.5. The van der Waals surface area contributed by atoms with Crippen molar-refractivity contribution < 1.29 is 19.0 Å². The van der Waals surface area contributed by atoms with Crippen molar-refractivity contribution in [1.82, 2.24) is 10.2 Å². The van der Waals surface area contributed by atoms with E-state index < -0.39 is 0 Å². The quantitative estimate of drug-likeness (QED) is 0.464. The standard InChI is InChI=1S/C27H37ClN2O4/c1-5-21(15-29-16-22-9-6-7-10-24(22)32-4)27(31)30(17-19(2)3)18-20-13-23(28)26-25(14-20)33-11-8-12-34-26/h6-7,9-10,13-14,19,21,29H,5,8,11-12,15-18H2,1-4H3/t21-/m1/s1. The maximum atomic E-state index is 13.6. The van der Waals surface area contributed by atoms with E-state index in [0.29, 0.717) is 61.8 Å². The maximum Gasteiger partial charge on any atom is 0.227 e. The summed E-state index contributed by atoms with van der Waals surface area (Å²) < 4.78 is 17.0. The molecule has 0 spiro atoms. The molecule has 186 valence electrons. The molecule has 0 bridgehead atoms. The second kappa shape index (κ2) is 12.9. The molecule has 1 N–H and O–H groups in total. The molecular weight excluding hydrogens is 452 g/mol. The van der Waals surface area contributed by atoms with Crippen molar-refractivity contribution in [2.24, 2.45) is 11.8 Å². The highest BCUT2D eigenvalue weighted by atomic mass is 35.5. The van der Waals surface area contributed by atoms with Crippen LogP contribution in [0, 0.1) is 11.8 Å². The van der Waals surface area contributed by atoms with Gasteiger partial charge in [-0.15, -0.1) is 0 Å². The van der Waals surface area contributed by atoms with E-state index in [1.54, 1.807) is 7.11 Å². The Morgan fingerprint density at radius 3 is 2.71 bits per heavy atom. The molecule has 7 heteroatoms. The van der Waals surface area contributed by atoms with Gasteiger partial charge in [0, 0.05) is 38.2 Å². The van der Waals surface area contributed by atoms with E-state index in [2.05, 4.69) is 26.1 Å². The Morgan fingerprint density at radius 2 is 1.97 bits per heavy atom. The van der Waals surface area contributed by atoms with Gasteiger partial charge in [-0.25, -0.2) is 0 Å². The lowest BCUT2D eigenvalue weighted by Gasteiger charge is -2.29. The van der Waals surface area contributed by atoms with Gasteiger partial charge in [0.25, 0.3) is 0 Å². The highest BCUT2D eigenvalue weighted by Gasteiger charge is 2.25. The fourth-order valence-electron chi connectivity index (χ4n) is 4.16. The number of amides is 1. The molecule has 1 aliphatic rings. The lowest BCUT2D eigenvalue weighted by molar-refractivity contribution is -0.136. The highest BCUT2D eigenvalue weighted by molar-refractivity contribution is 6.32. The van der Waals surface area contributed by atoms with Crippen LogP contribution in [0.4, 0.5) is 0 Å². The molecule has 2 aromatic rings. The van der Waals surface area contributed by atoms with Gasteiger partial charge in [0.15, 0.2) is 11.5 Å². The number of rotatable bonds is 11. The molecule has 1 atom stereocenters. The Labute approximate surface area is 208 Å². The van der Waals surface area contributed by atoms with Gasteiger partial charge < -0.3 is 24.4 Å². The summed E-state index contributed by atoms with van der Waals surface area (Å²) in [6.45, 7) is 9.90. The molecule has 0 aromatic heterocycles. The Kier molecular flexibility index (Phi) is 9.90. The van der Waals surface area contributed by atoms with Crippen LogP contribution in [0.1, 0.15) is 44.7 Å². The summed E-state index contributed by atoms with van der Waals surface area (Å²) in [6, 6.07) is 11.8. The molecule has 1 amide bonds. The number of hydrogen-bond acceptors (Lipinski definition) is 5. The molecule has 0 saturated carbocycles. The second-order valence-electron chi connectivity index (χ2n) is 9.12. The zero-order valence-electron chi connectivity index (χ0n) is 20.7. The van der Waals surface area contributed by atoms with E-state index in [1.807, 2.05) is 41.3 Å². The molecular formula is C27H37ClN2O4. The first-order valence-corrected chi connectivity index (χ1v) is 12.5. The summed E-state index contributed by atoms with van der Waals surface area (Å²) in [5.41, 5.74) is 2.02. The van der Waals surface area contributed by atoms with Crippen molar-refractivity contribution in [2.75, 3.05) is 33.4 Å². The minimum Gasteiger partial charge on any atom is -0.496 e. The van der Waals surface area contributed by atoms with E-state index in [4.69, 9.17) is 25.8 Å². The molecule has 6 nitrogen and oxygen atoms in total. The van der Waals surface area contributed by atoms with Crippen molar-refractivity contribution >= 4 is 17.5 Å². The van der Waals surface area contributed by atoms with Gasteiger partial charge in [0.05, 0.1) is 31.3 Å². The summed E-state index contributed by atoms with van der Waals surface area (Å²) in [7, 11) is 1.67. The molecule has 1 aliphatic heterocycles. The Hall–Kier alpha value is -2.44. The van der Waals surface area contributed by atoms with Crippen LogP contribution in [0.3, 0.4) is 0 Å². The average Bonchev–Trinajstić information content (AvgIpc) is 3.07. The number of carbonyl (C=O) groups excluding carboxylic acids is 1. The number of methoxy groups -OCH3 is 1. The van der Waals surface area contributed by atoms with E-state index in [-0.39, 0.29) is 11.8 Å². The predicted molar refractivity (Wildman–Crippen MR) is 136 cm³/mol. The van der Waals surface area contributed by atoms with Crippen LogP contribution in [0.25, 0.3) is 0 Å². The van der Waals surface area contributed by atoms with Gasteiger partial charge in [-0.3, -0.25) is 4.79 Å². The second-order valence-corrected chi connectivity index (χ2v) is 9.52. The number of halogens is 1. The average molecular weight is 489 g/mol. The third kappa shape index (κ3) is 7.03. The largest absolute Gasteiger partial charge is 0.496 e. The molecule has 34 heavy (non-hydrogen) atoms. The van der Waals surface area contributed by atoms with Crippen molar-refractivity contribution in [2.45, 2.75) is 46.7 Å². The maximum absolute atomic E-state index is 13.6. The van der Waals surface area contributed by atoms with Crippen LogP contribution in [0.2, 0.25) is 5.02 Å². The first kappa shape index (κ1) is 26.2. The highest BCUT2D eigenvalue weighted by Crippen LogP contribution is 2.38. The van der Waals surface area contributed by atoms with Crippen molar-refractivity contribution in [3.8, 4) is 17.2 Å². The molecule has 0 saturated heterocycles. The number of benzene rings is 2. The number of nitrogens with zero attached hydrogens (tertiary/aromatic N) is 1. The molecule has 0 aliphatic carbocycles. The van der Waals surface area contributed by atoms with Crippen LogP contribution >= 0.6 is 11.6 Å². The number of hydrogen-bond donors (Lipinski definition) is 1. The molecule has 0 radical (unpaired) electrons. The SMILES string of the molecule is CC[C@H](CNCc1ccccc1OC)C(=O)N(Cc1cc(Cl)c2c(c1)OCCCO2)CC(C)C. The summed E-state index contributed by atoms with van der Waals surface area (Å²) in [6.07, 6.45) is 1.58. The Balaban J connectivity index is 1.70. The van der Waals surface area contributed by atoms with Crippen LogP contribution < -0.4 is 19.5 Å². The molecule has 0 unspecified atom stereocenters. The van der Waals surface area contributed by atoms with Gasteiger partial charge in [0.1, 0.15) is 5.75 Å². The van der Waals surface area contributed by atoms with Gasteiger partial charge in [-0.1, -0.05) is 50.6 Å². The summed E-state index contributed by atoms with van der Waals surface area (Å²) in [5.74, 6) is 2.47. The molecule has 3 rings (SSSR count). The van der Waals surface area contributed by atoms with Crippen LogP contribution in [-0.2, 0) is 17.9 Å². The topological polar surface area (TPSA) is 60.0 Å². The normalized spacial score (nSPS) is 13.9. The first-order chi connectivity index (χ1) is 16.4.